The molecule has 0 aliphatic heterocycles. The van der Waals surface area contributed by atoms with Crippen LogP contribution in [0, 0.1) is 0 Å². The van der Waals surface area contributed by atoms with Crippen molar-refractivity contribution >= 4 is 23.5 Å². The molecule has 0 aliphatic rings. The molecule has 1 N–H and O–H groups in total. The molecule has 0 saturated carbocycles. The monoisotopic (exact) mass is 221 g/mol. The first kappa shape index (κ1) is 11.3. The van der Waals surface area contributed by atoms with Crippen LogP contribution in [0.25, 0.3) is 0 Å². The lowest BCUT2D eigenvalue weighted by atomic mass is 10.4. The van der Waals surface area contributed by atoms with Gasteiger partial charge >= 0.3 is 0 Å². The summed E-state index contributed by atoms with van der Waals surface area (Å²) >= 11 is 1.37. The van der Waals surface area contributed by atoms with Gasteiger partial charge in [0.2, 0.25) is 0 Å². The lowest BCUT2D eigenvalue weighted by Crippen LogP contribution is -2.22. The zero-order valence-electron chi connectivity index (χ0n) is 8.30. The summed E-state index contributed by atoms with van der Waals surface area (Å²) < 4.78 is 0. The van der Waals surface area contributed by atoms with Crippen LogP contribution >= 0.6 is 11.3 Å². The molecule has 1 aromatic rings. The first-order chi connectivity index (χ1) is 7.27. The lowest BCUT2D eigenvalue weighted by molar-refractivity contribution is 0.0961. The van der Waals surface area contributed by atoms with Crippen LogP contribution in [0.1, 0.15) is 17.4 Å². The van der Waals surface area contributed by atoms with Crippen molar-refractivity contribution in [3.05, 3.63) is 41.1 Å². The van der Waals surface area contributed by atoms with Crippen molar-refractivity contribution in [2.45, 2.75) is 6.92 Å². The van der Waals surface area contributed by atoms with E-state index in [1.54, 1.807) is 30.0 Å². The summed E-state index contributed by atoms with van der Waals surface area (Å²) in [5.74, 6) is 0.221. The minimum atomic E-state index is -0.259. The first-order valence-electron chi connectivity index (χ1n) is 4.29. The number of allylic oxidation sites excluding steroid dienone is 2. The molecule has 78 valence electrons. The number of thiazole rings is 1. The average molecular weight is 221 g/mol. The molecule has 15 heavy (non-hydrogen) atoms. The Hall–Kier alpha value is -1.75. The Kier molecular flexibility index (Phi) is 4.43. The highest BCUT2D eigenvalue weighted by Gasteiger charge is 2.07. The first-order valence-corrected chi connectivity index (χ1v) is 5.23. The maximum atomic E-state index is 11.5. The van der Waals surface area contributed by atoms with Crippen molar-refractivity contribution in [1.29, 1.82) is 0 Å². The number of aromatic nitrogens is 1. The van der Waals surface area contributed by atoms with Gasteiger partial charge in [0, 0.05) is 11.6 Å². The third-order valence-electron chi connectivity index (χ3n) is 1.50. The van der Waals surface area contributed by atoms with Crippen molar-refractivity contribution in [2.24, 2.45) is 4.99 Å². The highest BCUT2D eigenvalue weighted by Crippen LogP contribution is 2.02. The number of hydrogen-bond donors (Lipinski definition) is 1. The van der Waals surface area contributed by atoms with Crippen LogP contribution < -0.4 is 5.32 Å². The number of hydrogen-bond acceptors (Lipinski definition) is 4. The van der Waals surface area contributed by atoms with E-state index in [1.165, 1.54) is 17.6 Å². The van der Waals surface area contributed by atoms with Gasteiger partial charge in [0.1, 0.15) is 11.5 Å². The molecule has 5 heteroatoms. The van der Waals surface area contributed by atoms with Gasteiger partial charge in [-0.1, -0.05) is 12.7 Å². The molecule has 1 amide bonds. The Morgan fingerprint density at radius 3 is 3.07 bits per heavy atom. The van der Waals surface area contributed by atoms with E-state index in [2.05, 4.69) is 21.9 Å². The van der Waals surface area contributed by atoms with Crippen molar-refractivity contribution in [2.75, 3.05) is 0 Å². The van der Waals surface area contributed by atoms with Crippen molar-refractivity contribution in [3.8, 4) is 0 Å². The van der Waals surface area contributed by atoms with Crippen LogP contribution in [0.2, 0.25) is 0 Å². The number of aliphatic imine (C=N–C) groups is 1. The standard InChI is InChI=1S/C10H11N3OS/c1-3-5-11-9(4-2)13-10(14)8-6-15-7-12-8/h3-7H,1H2,2H3,(H,13,14). The van der Waals surface area contributed by atoms with Gasteiger partial charge < -0.3 is 5.32 Å². The number of carbonyl (C=O) groups excluding carboxylic acids is 1. The predicted octanol–water partition coefficient (Wildman–Crippen LogP) is 1.99. The quantitative estimate of drug-likeness (QED) is 0.790. The molecule has 4 nitrogen and oxygen atoms in total. The van der Waals surface area contributed by atoms with E-state index < -0.39 is 0 Å². The fraction of sp³-hybridized carbons (Fsp3) is 0.100. The number of rotatable bonds is 4. The van der Waals surface area contributed by atoms with Gasteiger partial charge in [-0.15, -0.1) is 11.3 Å². The predicted molar refractivity (Wildman–Crippen MR) is 62.0 cm³/mol. The van der Waals surface area contributed by atoms with E-state index >= 15 is 0 Å². The molecular weight excluding hydrogens is 210 g/mol. The Balaban J connectivity index is 2.65. The fourth-order valence-electron chi connectivity index (χ4n) is 0.817. The molecule has 0 unspecified atom stereocenters. The second kappa shape index (κ2) is 5.87. The fourth-order valence-corrected chi connectivity index (χ4v) is 1.35. The molecule has 0 bridgehead atoms. The molecule has 0 fully saturated rings. The topological polar surface area (TPSA) is 54.4 Å². The van der Waals surface area contributed by atoms with Gasteiger partial charge in [-0.2, -0.15) is 0 Å². The Labute approximate surface area is 92.1 Å². The number of carbonyl (C=O) groups is 1. The van der Waals surface area contributed by atoms with E-state index in [1.807, 2.05) is 0 Å². The number of nitrogens with zero attached hydrogens (tertiary/aromatic N) is 2. The van der Waals surface area contributed by atoms with Crippen molar-refractivity contribution < 1.29 is 4.79 Å². The van der Waals surface area contributed by atoms with Crippen molar-refractivity contribution in [1.82, 2.24) is 10.3 Å². The third-order valence-corrected chi connectivity index (χ3v) is 2.09. The number of amides is 1. The minimum absolute atomic E-state index is 0.259. The van der Waals surface area contributed by atoms with E-state index in [0.717, 1.165) is 0 Å². The van der Waals surface area contributed by atoms with E-state index in [0.29, 0.717) is 11.5 Å². The highest BCUT2D eigenvalue weighted by molar-refractivity contribution is 7.07. The Morgan fingerprint density at radius 2 is 2.53 bits per heavy atom. The SMILES string of the molecule is C=CC=NC(=CC)NC(=O)c1cscn1. The molecule has 0 atom stereocenters. The number of nitrogens with one attached hydrogen (secondary N) is 1. The molecular formula is C10H11N3OS. The third kappa shape index (κ3) is 3.47. The largest absolute Gasteiger partial charge is 0.305 e. The summed E-state index contributed by atoms with van der Waals surface area (Å²) in [5, 5.41) is 4.30. The Morgan fingerprint density at radius 1 is 1.73 bits per heavy atom. The van der Waals surface area contributed by atoms with Gasteiger partial charge in [-0.3, -0.25) is 4.79 Å². The Bertz CT molecular complexity index is 393. The molecule has 1 aromatic heterocycles. The maximum absolute atomic E-state index is 11.5. The summed E-state index contributed by atoms with van der Waals surface area (Å²) in [4.78, 5) is 19.4. The van der Waals surface area contributed by atoms with E-state index in [9.17, 15) is 4.79 Å². The van der Waals surface area contributed by atoms with Gasteiger partial charge in [-0.05, 0) is 13.0 Å². The minimum Gasteiger partial charge on any atom is -0.305 e. The summed E-state index contributed by atoms with van der Waals surface area (Å²) in [6.07, 6.45) is 4.75. The summed E-state index contributed by atoms with van der Waals surface area (Å²) in [6, 6.07) is 0. The maximum Gasteiger partial charge on any atom is 0.276 e. The normalized spacial score (nSPS) is 11.7. The van der Waals surface area contributed by atoms with Crippen molar-refractivity contribution in [3.63, 3.8) is 0 Å². The second-order valence-corrected chi connectivity index (χ2v) is 3.23. The van der Waals surface area contributed by atoms with E-state index in [-0.39, 0.29) is 5.91 Å². The van der Waals surface area contributed by atoms with Crippen LogP contribution in [0.3, 0.4) is 0 Å². The summed E-state index contributed by atoms with van der Waals surface area (Å²) in [5.41, 5.74) is 2.00. The van der Waals surface area contributed by atoms with Crippen LogP contribution in [-0.2, 0) is 0 Å². The molecule has 0 aromatic carbocycles. The molecule has 0 aliphatic carbocycles. The molecule has 0 spiro atoms. The van der Waals surface area contributed by atoms with Crippen LogP contribution in [-0.4, -0.2) is 17.1 Å². The summed E-state index contributed by atoms with van der Waals surface area (Å²) in [6.45, 7) is 5.28. The van der Waals surface area contributed by atoms with Gasteiger partial charge in [0.15, 0.2) is 0 Å². The molecule has 0 radical (unpaired) electrons. The highest BCUT2D eigenvalue weighted by atomic mass is 32.1. The zero-order chi connectivity index (χ0) is 11.1. The summed E-state index contributed by atoms with van der Waals surface area (Å²) in [7, 11) is 0. The second-order valence-electron chi connectivity index (χ2n) is 2.52. The van der Waals surface area contributed by atoms with Crippen LogP contribution in [0.15, 0.2) is 40.4 Å². The zero-order valence-corrected chi connectivity index (χ0v) is 9.12. The van der Waals surface area contributed by atoms with Gasteiger partial charge in [0.25, 0.3) is 5.91 Å². The van der Waals surface area contributed by atoms with Crippen LogP contribution in [0.4, 0.5) is 0 Å². The molecule has 1 heterocycles. The van der Waals surface area contributed by atoms with Gasteiger partial charge in [0.05, 0.1) is 5.51 Å². The van der Waals surface area contributed by atoms with Gasteiger partial charge in [-0.25, -0.2) is 9.98 Å². The molecule has 1 rings (SSSR count). The average Bonchev–Trinajstić information content (AvgIpc) is 2.77. The molecule has 0 saturated heterocycles. The van der Waals surface area contributed by atoms with Crippen LogP contribution in [0.5, 0.6) is 0 Å². The smallest absolute Gasteiger partial charge is 0.276 e. The van der Waals surface area contributed by atoms with E-state index in [4.69, 9.17) is 0 Å². The lowest BCUT2D eigenvalue weighted by Gasteiger charge is -2.01.